The van der Waals surface area contributed by atoms with Gasteiger partial charge in [-0.1, -0.05) is 12.1 Å². The van der Waals surface area contributed by atoms with Gasteiger partial charge < -0.3 is 20.3 Å². The smallest absolute Gasteiger partial charge is 0.213 e. The Morgan fingerprint density at radius 2 is 1.85 bits per heavy atom. The summed E-state index contributed by atoms with van der Waals surface area (Å²) < 4.78 is 5.06. The molecule has 1 aliphatic rings. The molecule has 3 rings (SSSR count). The summed E-state index contributed by atoms with van der Waals surface area (Å²) in [7, 11) is 1.60. The van der Waals surface area contributed by atoms with Crippen LogP contribution >= 0.6 is 12.2 Å². The van der Waals surface area contributed by atoms with Crippen LogP contribution in [0.15, 0.2) is 42.6 Å². The van der Waals surface area contributed by atoms with Crippen LogP contribution < -0.4 is 20.3 Å². The molecule has 0 bridgehead atoms. The normalized spacial score (nSPS) is 15.2. The first-order chi connectivity index (χ1) is 12.7. The molecule has 1 fully saturated rings. The van der Waals surface area contributed by atoms with Crippen LogP contribution in [-0.2, 0) is 0 Å². The second-order valence-electron chi connectivity index (χ2n) is 6.55. The molecule has 1 atom stereocenters. The molecule has 5 nitrogen and oxygen atoms in total. The molecule has 0 unspecified atom stereocenters. The van der Waals surface area contributed by atoms with Crippen LogP contribution in [0.3, 0.4) is 0 Å². The number of ether oxygens (including phenoxy) is 1. The minimum Gasteiger partial charge on any atom is -0.481 e. The van der Waals surface area contributed by atoms with Crippen molar-refractivity contribution in [2.24, 2.45) is 0 Å². The van der Waals surface area contributed by atoms with Crippen molar-refractivity contribution in [1.29, 1.82) is 0 Å². The highest BCUT2D eigenvalue weighted by atomic mass is 32.1. The maximum atomic E-state index is 5.41. The first kappa shape index (κ1) is 18.5. The van der Waals surface area contributed by atoms with Crippen LogP contribution in [0.2, 0.25) is 0 Å². The lowest BCUT2D eigenvalue weighted by atomic mass is 10.1. The number of methoxy groups -OCH3 is 1. The van der Waals surface area contributed by atoms with Crippen molar-refractivity contribution in [2.45, 2.75) is 32.2 Å². The Balaban J connectivity index is 1.54. The average Bonchev–Trinajstić information content (AvgIpc) is 2.69. The molecule has 26 heavy (non-hydrogen) atoms. The molecule has 2 N–H and O–H groups in total. The Kier molecular flexibility index (Phi) is 6.28. The summed E-state index contributed by atoms with van der Waals surface area (Å²) >= 11 is 5.41. The van der Waals surface area contributed by atoms with Crippen molar-refractivity contribution in [3.05, 3.63) is 48.2 Å². The van der Waals surface area contributed by atoms with Gasteiger partial charge in [-0.3, -0.25) is 0 Å². The Hall–Kier alpha value is -2.34. The third kappa shape index (κ3) is 4.85. The Morgan fingerprint density at radius 3 is 2.46 bits per heavy atom. The first-order valence-electron chi connectivity index (χ1n) is 9.08. The number of hydrogen-bond acceptors (Lipinski definition) is 4. The summed E-state index contributed by atoms with van der Waals surface area (Å²) in [4.78, 5) is 6.63. The first-order valence-corrected chi connectivity index (χ1v) is 9.49. The van der Waals surface area contributed by atoms with Gasteiger partial charge in [-0.25, -0.2) is 4.98 Å². The molecule has 0 radical (unpaired) electrons. The van der Waals surface area contributed by atoms with Gasteiger partial charge in [-0.15, -0.1) is 0 Å². The number of nitrogens with one attached hydrogen (secondary N) is 2. The van der Waals surface area contributed by atoms with Gasteiger partial charge in [0, 0.05) is 24.8 Å². The third-order valence-electron chi connectivity index (χ3n) is 4.67. The highest BCUT2D eigenvalue weighted by Crippen LogP contribution is 2.22. The number of hydrogen-bond donors (Lipinski definition) is 2. The summed E-state index contributed by atoms with van der Waals surface area (Å²) in [5.41, 5.74) is 3.35. The average molecular weight is 371 g/mol. The quantitative estimate of drug-likeness (QED) is 0.772. The van der Waals surface area contributed by atoms with Gasteiger partial charge in [-0.2, -0.15) is 0 Å². The number of benzene rings is 1. The van der Waals surface area contributed by atoms with E-state index in [2.05, 4.69) is 51.7 Å². The molecule has 0 spiro atoms. The van der Waals surface area contributed by atoms with E-state index in [-0.39, 0.29) is 6.04 Å². The molecule has 0 saturated carbocycles. The van der Waals surface area contributed by atoms with Crippen LogP contribution in [0.1, 0.15) is 37.8 Å². The van der Waals surface area contributed by atoms with Crippen LogP contribution in [0.5, 0.6) is 5.88 Å². The fourth-order valence-electron chi connectivity index (χ4n) is 3.15. The lowest BCUT2D eigenvalue weighted by molar-refractivity contribution is 0.398. The molecule has 1 aromatic carbocycles. The van der Waals surface area contributed by atoms with E-state index >= 15 is 0 Å². The van der Waals surface area contributed by atoms with Crippen molar-refractivity contribution in [2.75, 3.05) is 30.4 Å². The van der Waals surface area contributed by atoms with Crippen LogP contribution in [0.4, 0.5) is 11.4 Å². The van der Waals surface area contributed by atoms with Gasteiger partial charge in [0.15, 0.2) is 5.11 Å². The van der Waals surface area contributed by atoms with Crippen molar-refractivity contribution in [1.82, 2.24) is 10.3 Å². The molecule has 2 aromatic rings. The summed E-state index contributed by atoms with van der Waals surface area (Å²) in [6.45, 7) is 4.43. The minimum absolute atomic E-state index is 0.122. The minimum atomic E-state index is 0.122. The van der Waals surface area contributed by atoms with E-state index in [1.165, 1.54) is 30.5 Å². The fraction of sp³-hybridized carbons (Fsp3) is 0.400. The maximum Gasteiger partial charge on any atom is 0.213 e. The maximum absolute atomic E-state index is 5.41. The predicted octanol–water partition coefficient (Wildman–Crippen LogP) is 4.13. The molecule has 6 heteroatoms. The van der Waals surface area contributed by atoms with Gasteiger partial charge in [0.25, 0.3) is 0 Å². The molecule has 2 heterocycles. The van der Waals surface area contributed by atoms with Crippen LogP contribution in [0, 0.1) is 0 Å². The number of thiocarbonyl (C=S) groups is 1. The van der Waals surface area contributed by atoms with E-state index in [1.54, 1.807) is 19.4 Å². The van der Waals surface area contributed by atoms with Gasteiger partial charge >= 0.3 is 0 Å². The highest BCUT2D eigenvalue weighted by Gasteiger charge is 2.12. The Bertz CT molecular complexity index is 712. The van der Waals surface area contributed by atoms with E-state index < -0.39 is 0 Å². The zero-order chi connectivity index (χ0) is 18.4. The SMILES string of the molecule is COc1ccc(NC(=S)N[C@H](C)c2ccc(N3CCCCC3)cc2)cn1. The number of nitrogens with zero attached hydrogens (tertiary/aromatic N) is 2. The topological polar surface area (TPSA) is 49.4 Å². The van der Waals surface area contributed by atoms with Crippen molar-refractivity contribution >= 4 is 28.7 Å². The van der Waals surface area contributed by atoms with Gasteiger partial charge in [0.05, 0.1) is 25.0 Å². The molecular formula is C20H26N4OS. The predicted molar refractivity (Wildman–Crippen MR) is 111 cm³/mol. The Morgan fingerprint density at radius 1 is 1.12 bits per heavy atom. The number of piperidine rings is 1. The van der Waals surface area contributed by atoms with Crippen LogP contribution in [-0.4, -0.2) is 30.3 Å². The summed E-state index contributed by atoms with van der Waals surface area (Å²) in [6, 6.07) is 12.6. The largest absolute Gasteiger partial charge is 0.481 e. The summed E-state index contributed by atoms with van der Waals surface area (Å²) in [6.07, 6.45) is 5.63. The zero-order valence-electron chi connectivity index (χ0n) is 15.4. The summed E-state index contributed by atoms with van der Waals surface area (Å²) in [5, 5.41) is 7.04. The van der Waals surface area contributed by atoms with Gasteiger partial charge in [-0.05, 0) is 62.2 Å². The number of anilines is 2. The summed E-state index contributed by atoms with van der Waals surface area (Å²) in [5.74, 6) is 0.580. The van der Waals surface area contributed by atoms with Crippen molar-refractivity contribution in [3.63, 3.8) is 0 Å². The molecular weight excluding hydrogens is 344 g/mol. The van der Waals surface area contributed by atoms with Crippen LogP contribution in [0.25, 0.3) is 0 Å². The highest BCUT2D eigenvalue weighted by molar-refractivity contribution is 7.80. The number of aromatic nitrogens is 1. The van der Waals surface area contributed by atoms with E-state index in [9.17, 15) is 0 Å². The van der Waals surface area contributed by atoms with Gasteiger partial charge in [0.2, 0.25) is 5.88 Å². The molecule has 138 valence electrons. The molecule has 1 aliphatic heterocycles. The lowest BCUT2D eigenvalue weighted by Gasteiger charge is -2.29. The Labute approximate surface area is 160 Å². The lowest BCUT2D eigenvalue weighted by Crippen LogP contribution is -2.31. The second-order valence-corrected chi connectivity index (χ2v) is 6.96. The van der Waals surface area contributed by atoms with Crippen molar-refractivity contribution in [3.8, 4) is 5.88 Å². The van der Waals surface area contributed by atoms with E-state index in [1.807, 2.05) is 6.07 Å². The molecule has 0 aliphatic carbocycles. The second kappa shape index (κ2) is 8.85. The third-order valence-corrected chi connectivity index (χ3v) is 4.89. The van der Waals surface area contributed by atoms with Gasteiger partial charge in [0.1, 0.15) is 0 Å². The number of rotatable bonds is 5. The van der Waals surface area contributed by atoms with E-state index in [4.69, 9.17) is 17.0 Å². The number of pyridine rings is 1. The molecule has 1 saturated heterocycles. The standard InChI is InChI=1S/C20H26N4OS/c1-15(22-20(26)23-17-8-11-19(25-2)21-14-17)16-6-9-18(10-7-16)24-12-4-3-5-13-24/h6-11,14-15H,3-5,12-13H2,1-2H3,(H2,22,23,26)/t15-/m1/s1. The monoisotopic (exact) mass is 370 g/mol. The molecule has 1 aromatic heterocycles. The molecule has 0 amide bonds. The fourth-order valence-corrected chi connectivity index (χ4v) is 3.44. The van der Waals surface area contributed by atoms with Crippen molar-refractivity contribution < 1.29 is 4.74 Å². The van der Waals surface area contributed by atoms with E-state index in [0.717, 1.165) is 18.8 Å². The zero-order valence-corrected chi connectivity index (χ0v) is 16.2. The van der Waals surface area contributed by atoms with E-state index in [0.29, 0.717) is 11.0 Å².